The largest absolute Gasteiger partial charge is 0.496 e. The predicted octanol–water partition coefficient (Wildman–Crippen LogP) is 3.51. The third kappa shape index (κ3) is 4.60. The van der Waals surface area contributed by atoms with Gasteiger partial charge in [0.05, 0.1) is 31.3 Å². The lowest BCUT2D eigenvalue weighted by Crippen LogP contribution is -2.38. The van der Waals surface area contributed by atoms with Crippen molar-refractivity contribution in [1.29, 1.82) is 0 Å². The van der Waals surface area contributed by atoms with Gasteiger partial charge in [-0.1, -0.05) is 36.4 Å². The number of hydrogen-bond acceptors (Lipinski definition) is 6. The van der Waals surface area contributed by atoms with Gasteiger partial charge in [0, 0.05) is 42.0 Å². The van der Waals surface area contributed by atoms with Crippen molar-refractivity contribution in [1.82, 2.24) is 10.2 Å². The van der Waals surface area contributed by atoms with E-state index in [0.29, 0.717) is 18.0 Å². The Morgan fingerprint density at radius 1 is 1.29 bits per heavy atom. The number of morpholine rings is 1. The van der Waals surface area contributed by atoms with Crippen LogP contribution in [0.25, 0.3) is 10.1 Å². The van der Waals surface area contributed by atoms with E-state index in [1.165, 1.54) is 11.3 Å². The van der Waals surface area contributed by atoms with Gasteiger partial charge in [0.25, 0.3) is 5.91 Å². The first-order chi connectivity index (χ1) is 15.1. The number of para-hydroxylation sites is 1. The molecular formula is C24H28N2O4S. The van der Waals surface area contributed by atoms with Gasteiger partial charge in [0.15, 0.2) is 0 Å². The summed E-state index contributed by atoms with van der Waals surface area (Å²) >= 11 is 1.48. The summed E-state index contributed by atoms with van der Waals surface area (Å²) in [6.07, 6.45) is -0.199. The van der Waals surface area contributed by atoms with E-state index in [0.717, 1.165) is 45.6 Å². The average molecular weight is 441 g/mol. The summed E-state index contributed by atoms with van der Waals surface area (Å²) in [5.74, 6) is 0.766. The minimum Gasteiger partial charge on any atom is -0.496 e. The number of thiophene rings is 1. The number of nitrogens with one attached hydrogen (secondary N) is 1. The SMILES string of the molecule is COc1c(C)cccc1CN1CCO[C@H](c2c(C(=O)NCCO)sc3ccccc23)C1. The molecule has 3 aromatic rings. The number of methoxy groups -OCH3 is 1. The predicted molar refractivity (Wildman–Crippen MR) is 123 cm³/mol. The highest BCUT2D eigenvalue weighted by molar-refractivity contribution is 7.21. The van der Waals surface area contributed by atoms with Crippen molar-refractivity contribution >= 4 is 27.3 Å². The summed E-state index contributed by atoms with van der Waals surface area (Å²) in [6.45, 7) is 5.08. The van der Waals surface area contributed by atoms with Crippen molar-refractivity contribution < 1.29 is 19.4 Å². The number of aliphatic hydroxyl groups excluding tert-OH is 1. The van der Waals surface area contributed by atoms with Crippen molar-refractivity contribution in [3.8, 4) is 5.75 Å². The second-order valence-corrected chi connectivity index (χ2v) is 8.73. The van der Waals surface area contributed by atoms with Crippen LogP contribution >= 0.6 is 11.3 Å². The van der Waals surface area contributed by atoms with E-state index in [1.807, 2.05) is 18.2 Å². The Morgan fingerprint density at radius 3 is 2.94 bits per heavy atom. The molecule has 1 fully saturated rings. The summed E-state index contributed by atoms with van der Waals surface area (Å²) in [6, 6.07) is 14.3. The van der Waals surface area contributed by atoms with Crippen LogP contribution in [0.3, 0.4) is 0 Å². The molecule has 0 radical (unpaired) electrons. The molecule has 1 aliphatic rings. The highest BCUT2D eigenvalue weighted by atomic mass is 32.1. The van der Waals surface area contributed by atoms with E-state index in [4.69, 9.17) is 14.6 Å². The van der Waals surface area contributed by atoms with Crippen LogP contribution in [0.4, 0.5) is 0 Å². The fraction of sp³-hybridized carbons (Fsp3) is 0.375. The molecule has 1 aromatic heterocycles. The zero-order valence-corrected chi connectivity index (χ0v) is 18.7. The molecule has 1 atom stereocenters. The standard InChI is InChI=1S/C24H28N2O4S/c1-16-6-5-7-17(22(16)29-2)14-26-11-13-30-19(15-26)21-18-8-3-4-9-20(18)31-23(21)24(28)25-10-12-27/h3-9,19,27H,10-15H2,1-2H3,(H,25,28)/t19-/m0/s1. The van der Waals surface area contributed by atoms with Gasteiger partial charge in [-0.05, 0) is 23.9 Å². The second-order valence-electron chi connectivity index (χ2n) is 7.68. The highest BCUT2D eigenvalue weighted by Gasteiger charge is 2.30. The molecule has 31 heavy (non-hydrogen) atoms. The second kappa shape index (κ2) is 9.78. The number of aryl methyl sites for hydroxylation is 1. The Balaban J connectivity index is 1.62. The number of hydrogen-bond donors (Lipinski definition) is 2. The minimum atomic E-state index is -0.199. The van der Waals surface area contributed by atoms with E-state index in [-0.39, 0.29) is 25.2 Å². The van der Waals surface area contributed by atoms with Crippen LogP contribution in [0, 0.1) is 6.92 Å². The number of rotatable bonds is 7. The van der Waals surface area contributed by atoms with Gasteiger partial charge in [0.2, 0.25) is 0 Å². The van der Waals surface area contributed by atoms with Gasteiger partial charge < -0.3 is 19.9 Å². The van der Waals surface area contributed by atoms with E-state index < -0.39 is 0 Å². The summed E-state index contributed by atoms with van der Waals surface area (Å²) in [5, 5.41) is 13.0. The lowest BCUT2D eigenvalue weighted by atomic mass is 10.0. The molecule has 0 aliphatic carbocycles. The fourth-order valence-corrected chi connectivity index (χ4v) is 5.37. The summed E-state index contributed by atoms with van der Waals surface area (Å²) in [5.41, 5.74) is 3.22. The molecule has 2 heterocycles. The lowest BCUT2D eigenvalue weighted by Gasteiger charge is -2.33. The quantitative estimate of drug-likeness (QED) is 0.588. The molecule has 0 saturated carbocycles. The van der Waals surface area contributed by atoms with E-state index in [9.17, 15) is 4.79 Å². The molecule has 2 N–H and O–H groups in total. The lowest BCUT2D eigenvalue weighted by molar-refractivity contribution is -0.0324. The number of benzene rings is 2. The molecule has 2 aromatic carbocycles. The van der Waals surface area contributed by atoms with Gasteiger partial charge in [-0.15, -0.1) is 11.3 Å². The van der Waals surface area contributed by atoms with Crippen molar-refractivity contribution in [3.05, 3.63) is 64.0 Å². The molecule has 4 rings (SSSR count). The number of carbonyl (C=O) groups is 1. The van der Waals surface area contributed by atoms with Crippen LogP contribution in [-0.4, -0.2) is 55.9 Å². The van der Waals surface area contributed by atoms with Crippen LogP contribution in [0.15, 0.2) is 42.5 Å². The molecule has 0 unspecified atom stereocenters. The number of aliphatic hydroxyl groups is 1. The monoisotopic (exact) mass is 440 g/mol. The average Bonchev–Trinajstić information content (AvgIpc) is 3.17. The number of carbonyl (C=O) groups excluding carboxylic acids is 1. The van der Waals surface area contributed by atoms with E-state index >= 15 is 0 Å². The molecule has 1 saturated heterocycles. The van der Waals surface area contributed by atoms with Crippen molar-refractivity contribution in [2.24, 2.45) is 0 Å². The first-order valence-electron chi connectivity index (χ1n) is 10.5. The normalized spacial score (nSPS) is 17.1. The Bertz CT molecular complexity index is 1060. The molecule has 164 valence electrons. The van der Waals surface area contributed by atoms with Gasteiger partial charge in [-0.25, -0.2) is 0 Å². The molecule has 0 spiro atoms. The number of amides is 1. The van der Waals surface area contributed by atoms with Crippen molar-refractivity contribution in [2.45, 2.75) is 19.6 Å². The zero-order valence-electron chi connectivity index (χ0n) is 17.9. The molecule has 7 heteroatoms. The van der Waals surface area contributed by atoms with Crippen LogP contribution in [0.2, 0.25) is 0 Å². The van der Waals surface area contributed by atoms with Crippen molar-refractivity contribution in [3.63, 3.8) is 0 Å². The Kier molecular flexibility index (Phi) is 6.87. The summed E-state index contributed by atoms with van der Waals surface area (Å²) in [4.78, 5) is 15.8. The smallest absolute Gasteiger partial charge is 0.261 e. The van der Waals surface area contributed by atoms with Crippen LogP contribution < -0.4 is 10.1 Å². The Morgan fingerprint density at radius 2 is 2.13 bits per heavy atom. The fourth-order valence-electron chi connectivity index (χ4n) is 4.19. The highest BCUT2D eigenvalue weighted by Crippen LogP contribution is 2.38. The molecule has 1 aliphatic heterocycles. The summed E-state index contributed by atoms with van der Waals surface area (Å²) in [7, 11) is 1.71. The van der Waals surface area contributed by atoms with Crippen LogP contribution in [-0.2, 0) is 11.3 Å². The third-order valence-electron chi connectivity index (χ3n) is 5.60. The van der Waals surface area contributed by atoms with Gasteiger partial charge in [-0.2, -0.15) is 0 Å². The maximum absolute atomic E-state index is 12.8. The van der Waals surface area contributed by atoms with E-state index in [1.54, 1.807) is 7.11 Å². The van der Waals surface area contributed by atoms with E-state index in [2.05, 4.69) is 41.4 Å². The van der Waals surface area contributed by atoms with Crippen molar-refractivity contribution in [2.75, 3.05) is 40.0 Å². The number of ether oxygens (including phenoxy) is 2. The maximum atomic E-state index is 12.8. The van der Waals surface area contributed by atoms with Crippen LogP contribution in [0.5, 0.6) is 5.75 Å². The molecular weight excluding hydrogens is 412 g/mol. The Labute approximate surface area is 186 Å². The molecule has 0 bridgehead atoms. The van der Waals surface area contributed by atoms with Gasteiger partial charge in [-0.3, -0.25) is 9.69 Å². The first-order valence-corrected chi connectivity index (χ1v) is 11.3. The third-order valence-corrected chi connectivity index (χ3v) is 6.79. The number of nitrogens with zero attached hydrogens (tertiary/aromatic N) is 1. The molecule has 6 nitrogen and oxygen atoms in total. The minimum absolute atomic E-state index is 0.0853. The summed E-state index contributed by atoms with van der Waals surface area (Å²) < 4.78 is 12.9. The number of fused-ring (bicyclic) bond motifs is 1. The van der Waals surface area contributed by atoms with Gasteiger partial charge >= 0.3 is 0 Å². The Hall–Kier alpha value is -2.45. The topological polar surface area (TPSA) is 71.0 Å². The van der Waals surface area contributed by atoms with Crippen LogP contribution in [0.1, 0.15) is 32.5 Å². The maximum Gasteiger partial charge on any atom is 0.261 e. The first kappa shape index (κ1) is 21.8. The van der Waals surface area contributed by atoms with Gasteiger partial charge in [0.1, 0.15) is 5.75 Å². The zero-order chi connectivity index (χ0) is 21.8. The molecule has 1 amide bonds.